The Bertz CT molecular complexity index is 566. The van der Waals surface area contributed by atoms with Crippen molar-refractivity contribution in [3.05, 3.63) is 63.1 Å². The highest BCUT2D eigenvalue weighted by atomic mass is 79.9. The SMILES string of the molecule is CCCC(Nc1cc(C)ccc1Br)c1ccc(Cl)cc1. The van der Waals surface area contributed by atoms with Crippen molar-refractivity contribution >= 4 is 33.2 Å². The van der Waals surface area contributed by atoms with Gasteiger partial charge in [-0.3, -0.25) is 0 Å². The molecule has 0 bridgehead atoms. The summed E-state index contributed by atoms with van der Waals surface area (Å²) in [6, 6.07) is 14.8. The van der Waals surface area contributed by atoms with Gasteiger partial charge < -0.3 is 5.32 Å². The normalized spacial score (nSPS) is 12.2. The number of hydrogen-bond donors (Lipinski definition) is 1. The molecule has 0 amide bonds. The predicted molar refractivity (Wildman–Crippen MR) is 91.6 cm³/mol. The molecule has 0 spiro atoms. The summed E-state index contributed by atoms with van der Waals surface area (Å²) in [5.74, 6) is 0. The molecule has 1 nitrogen and oxygen atoms in total. The van der Waals surface area contributed by atoms with Crippen LogP contribution in [0.25, 0.3) is 0 Å². The lowest BCUT2D eigenvalue weighted by atomic mass is 10.0. The van der Waals surface area contributed by atoms with E-state index < -0.39 is 0 Å². The van der Waals surface area contributed by atoms with Crippen molar-refractivity contribution < 1.29 is 0 Å². The van der Waals surface area contributed by atoms with Gasteiger partial charge in [0.25, 0.3) is 0 Å². The third-order valence-corrected chi connectivity index (χ3v) is 4.24. The van der Waals surface area contributed by atoms with Crippen molar-refractivity contribution in [2.24, 2.45) is 0 Å². The molecular formula is C17H19BrClN. The van der Waals surface area contributed by atoms with Crippen LogP contribution in [0.5, 0.6) is 0 Å². The van der Waals surface area contributed by atoms with E-state index in [9.17, 15) is 0 Å². The lowest BCUT2D eigenvalue weighted by molar-refractivity contribution is 0.677. The summed E-state index contributed by atoms with van der Waals surface area (Å²) in [7, 11) is 0. The number of hydrogen-bond acceptors (Lipinski definition) is 1. The minimum Gasteiger partial charge on any atom is -0.377 e. The molecule has 0 aromatic heterocycles. The molecule has 0 aliphatic heterocycles. The van der Waals surface area contributed by atoms with Crippen molar-refractivity contribution in [1.29, 1.82) is 0 Å². The monoisotopic (exact) mass is 351 g/mol. The molecule has 106 valence electrons. The van der Waals surface area contributed by atoms with Gasteiger partial charge in [-0.2, -0.15) is 0 Å². The van der Waals surface area contributed by atoms with E-state index in [1.165, 1.54) is 11.1 Å². The lowest BCUT2D eigenvalue weighted by Crippen LogP contribution is -2.11. The molecular weight excluding hydrogens is 334 g/mol. The Balaban J connectivity index is 2.25. The maximum atomic E-state index is 5.97. The van der Waals surface area contributed by atoms with Gasteiger partial charge in [0, 0.05) is 15.2 Å². The fourth-order valence-corrected chi connectivity index (χ4v) is 2.73. The molecule has 0 radical (unpaired) electrons. The minimum absolute atomic E-state index is 0.301. The van der Waals surface area contributed by atoms with Crippen LogP contribution in [0, 0.1) is 6.92 Å². The maximum Gasteiger partial charge on any atom is 0.0514 e. The van der Waals surface area contributed by atoms with Crippen LogP contribution < -0.4 is 5.32 Å². The second-order valence-corrected chi connectivity index (χ2v) is 6.31. The van der Waals surface area contributed by atoms with Crippen molar-refractivity contribution in [2.75, 3.05) is 5.32 Å². The first-order chi connectivity index (χ1) is 9.60. The van der Waals surface area contributed by atoms with E-state index in [0.717, 1.165) is 28.0 Å². The van der Waals surface area contributed by atoms with Crippen molar-refractivity contribution in [3.8, 4) is 0 Å². The van der Waals surface area contributed by atoms with E-state index in [1.807, 2.05) is 12.1 Å². The Morgan fingerprint density at radius 2 is 1.85 bits per heavy atom. The molecule has 3 heteroatoms. The molecule has 1 N–H and O–H groups in total. The van der Waals surface area contributed by atoms with Crippen molar-refractivity contribution in [1.82, 2.24) is 0 Å². The molecule has 2 aromatic rings. The molecule has 0 aliphatic carbocycles. The molecule has 1 unspecified atom stereocenters. The van der Waals surface area contributed by atoms with E-state index in [-0.39, 0.29) is 0 Å². The van der Waals surface area contributed by atoms with Crippen LogP contribution in [-0.2, 0) is 0 Å². The van der Waals surface area contributed by atoms with Gasteiger partial charge >= 0.3 is 0 Å². The third kappa shape index (κ3) is 4.00. The summed E-state index contributed by atoms with van der Waals surface area (Å²) in [6.07, 6.45) is 2.21. The zero-order chi connectivity index (χ0) is 14.5. The smallest absolute Gasteiger partial charge is 0.0514 e. The molecule has 20 heavy (non-hydrogen) atoms. The maximum absolute atomic E-state index is 5.97. The highest BCUT2D eigenvalue weighted by molar-refractivity contribution is 9.10. The van der Waals surface area contributed by atoms with E-state index in [2.05, 4.69) is 65.4 Å². The van der Waals surface area contributed by atoms with E-state index in [0.29, 0.717) is 6.04 Å². The Hall–Kier alpha value is -0.990. The summed E-state index contributed by atoms with van der Waals surface area (Å²) in [6.45, 7) is 4.31. The van der Waals surface area contributed by atoms with E-state index in [4.69, 9.17) is 11.6 Å². The second kappa shape index (κ2) is 7.14. The van der Waals surface area contributed by atoms with Crippen LogP contribution in [0.3, 0.4) is 0 Å². The van der Waals surface area contributed by atoms with Crippen molar-refractivity contribution in [2.45, 2.75) is 32.7 Å². The number of aryl methyl sites for hydroxylation is 1. The molecule has 0 fully saturated rings. The number of benzene rings is 2. The summed E-state index contributed by atoms with van der Waals surface area (Å²) in [4.78, 5) is 0. The fourth-order valence-electron chi connectivity index (χ4n) is 2.24. The molecule has 1 atom stereocenters. The van der Waals surface area contributed by atoms with Crippen molar-refractivity contribution in [3.63, 3.8) is 0 Å². The molecule has 2 aromatic carbocycles. The zero-order valence-electron chi connectivity index (χ0n) is 11.8. The van der Waals surface area contributed by atoms with Gasteiger partial charge in [-0.25, -0.2) is 0 Å². The van der Waals surface area contributed by atoms with Crippen LogP contribution in [0.15, 0.2) is 46.9 Å². The van der Waals surface area contributed by atoms with Crippen LogP contribution in [0.1, 0.15) is 36.9 Å². The Kier molecular flexibility index (Phi) is 5.50. The Morgan fingerprint density at radius 1 is 1.15 bits per heavy atom. The zero-order valence-corrected chi connectivity index (χ0v) is 14.1. The topological polar surface area (TPSA) is 12.0 Å². The third-order valence-electron chi connectivity index (χ3n) is 3.30. The highest BCUT2D eigenvalue weighted by Gasteiger charge is 2.12. The quantitative estimate of drug-likeness (QED) is 0.659. The molecule has 2 rings (SSSR count). The number of halogens is 2. The van der Waals surface area contributed by atoms with Crippen LogP contribution in [0.2, 0.25) is 5.02 Å². The standard InChI is InChI=1S/C17H19BrClN/c1-3-4-16(13-6-8-14(19)9-7-13)20-17-11-12(2)5-10-15(17)18/h5-11,16,20H,3-4H2,1-2H3. The Labute approximate surface area is 134 Å². The summed E-state index contributed by atoms with van der Waals surface area (Å²) in [5, 5.41) is 4.41. The predicted octanol–water partition coefficient (Wildman–Crippen LogP) is 6.36. The summed E-state index contributed by atoms with van der Waals surface area (Å²) < 4.78 is 1.10. The molecule has 0 heterocycles. The van der Waals surface area contributed by atoms with Gasteiger partial charge in [-0.15, -0.1) is 0 Å². The Morgan fingerprint density at radius 3 is 2.50 bits per heavy atom. The summed E-state index contributed by atoms with van der Waals surface area (Å²) >= 11 is 9.58. The molecule has 0 saturated heterocycles. The minimum atomic E-state index is 0.301. The van der Waals surface area contributed by atoms with Gasteiger partial charge in [0.1, 0.15) is 0 Å². The number of anilines is 1. The van der Waals surface area contributed by atoms with Gasteiger partial charge in [-0.05, 0) is 64.7 Å². The fraction of sp³-hybridized carbons (Fsp3) is 0.294. The van der Waals surface area contributed by atoms with E-state index >= 15 is 0 Å². The van der Waals surface area contributed by atoms with Crippen LogP contribution in [-0.4, -0.2) is 0 Å². The molecule has 0 aliphatic rings. The number of rotatable bonds is 5. The van der Waals surface area contributed by atoms with Gasteiger partial charge in [0.2, 0.25) is 0 Å². The molecule has 0 saturated carbocycles. The van der Waals surface area contributed by atoms with Gasteiger partial charge in [0.15, 0.2) is 0 Å². The first kappa shape index (κ1) is 15.4. The first-order valence-electron chi connectivity index (χ1n) is 6.88. The lowest BCUT2D eigenvalue weighted by Gasteiger charge is -2.21. The second-order valence-electron chi connectivity index (χ2n) is 5.02. The number of nitrogens with one attached hydrogen (secondary N) is 1. The van der Waals surface area contributed by atoms with Gasteiger partial charge in [-0.1, -0.05) is 43.1 Å². The first-order valence-corrected chi connectivity index (χ1v) is 8.05. The average Bonchev–Trinajstić information content (AvgIpc) is 2.43. The van der Waals surface area contributed by atoms with Crippen LogP contribution >= 0.6 is 27.5 Å². The highest BCUT2D eigenvalue weighted by Crippen LogP contribution is 2.30. The average molecular weight is 353 g/mol. The van der Waals surface area contributed by atoms with Gasteiger partial charge in [0.05, 0.1) is 6.04 Å². The summed E-state index contributed by atoms with van der Waals surface area (Å²) in [5.41, 5.74) is 3.66. The van der Waals surface area contributed by atoms with E-state index in [1.54, 1.807) is 0 Å². The van der Waals surface area contributed by atoms with Crippen LogP contribution in [0.4, 0.5) is 5.69 Å². The largest absolute Gasteiger partial charge is 0.377 e.